The highest BCUT2D eigenvalue weighted by Crippen LogP contribution is 2.36. The Kier molecular flexibility index (Phi) is 4.31. The van der Waals surface area contributed by atoms with Gasteiger partial charge in [-0.15, -0.1) is 0 Å². The number of nitrogens with zero attached hydrogens (tertiary/aromatic N) is 2. The molecule has 2 aromatic carbocycles. The summed E-state index contributed by atoms with van der Waals surface area (Å²) in [6.07, 6.45) is 3.69. The van der Waals surface area contributed by atoms with Crippen LogP contribution in [0.5, 0.6) is 11.5 Å². The Hall–Kier alpha value is -3.28. The molecule has 0 saturated heterocycles. The molecule has 1 amide bonds. The van der Waals surface area contributed by atoms with Crippen molar-refractivity contribution in [3.63, 3.8) is 0 Å². The molecular weight excluding hydrogens is 330 g/mol. The molecule has 0 bridgehead atoms. The maximum Gasteiger partial charge on any atom is 0.231 e. The second-order valence-corrected chi connectivity index (χ2v) is 6.07. The van der Waals surface area contributed by atoms with Crippen molar-refractivity contribution < 1.29 is 14.3 Å². The standard InChI is InChI=1S/C20H19N3O3/c1-14(24)21-8-10-23-11-9-22-20(23)16-4-2-15(3-5-16)17-6-7-18-19(12-17)26-13-25-18/h2-7,9,11-12H,8,10,13H2,1H3,(H,21,24). The SMILES string of the molecule is CC(=O)NCCn1ccnc1-c1ccc(-c2ccc3c(c2)OCO3)cc1. The van der Waals surface area contributed by atoms with Crippen molar-refractivity contribution in [2.75, 3.05) is 13.3 Å². The van der Waals surface area contributed by atoms with E-state index in [9.17, 15) is 4.79 Å². The van der Waals surface area contributed by atoms with E-state index >= 15 is 0 Å². The van der Waals surface area contributed by atoms with E-state index in [0.717, 1.165) is 34.0 Å². The molecule has 132 valence electrons. The molecule has 4 rings (SSSR count). The molecule has 0 aliphatic carbocycles. The predicted molar refractivity (Wildman–Crippen MR) is 97.9 cm³/mol. The minimum Gasteiger partial charge on any atom is -0.454 e. The maximum absolute atomic E-state index is 11.0. The molecule has 0 unspecified atom stereocenters. The fourth-order valence-electron chi connectivity index (χ4n) is 2.99. The van der Waals surface area contributed by atoms with Crippen LogP contribution in [-0.4, -0.2) is 28.8 Å². The predicted octanol–water partition coefficient (Wildman–Crippen LogP) is 3.08. The quantitative estimate of drug-likeness (QED) is 0.769. The van der Waals surface area contributed by atoms with Crippen molar-refractivity contribution in [1.29, 1.82) is 0 Å². The zero-order valence-corrected chi connectivity index (χ0v) is 14.4. The number of benzene rings is 2. The van der Waals surface area contributed by atoms with Crippen LogP contribution in [0.3, 0.4) is 0 Å². The van der Waals surface area contributed by atoms with Gasteiger partial charge in [0.25, 0.3) is 0 Å². The number of nitrogens with one attached hydrogen (secondary N) is 1. The van der Waals surface area contributed by atoms with Gasteiger partial charge in [-0.3, -0.25) is 4.79 Å². The first-order valence-electron chi connectivity index (χ1n) is 8.47. The van der Waals surface area contributed by atoms with Gasteiger partial charge in [0, 0.05) is 38.0 Å². The van der Waals surface area contributed by atoms with Gasteiger partial charge in [-0.05, 0) is 23.3 Å². The molecule has 0 atom stereocenters. The van der Waals surface area contributed by atoms with Gasteiger partial charge in [0.05, 0.1) is 0 Å². The molecule has 26 heavy (non-hydrogen) atoms. The third-order valence-electron chi connectivity index (χ3n) is 4.29. The first kappa shape index (κ1) is 16.2. The van der Waals surface area contributed by atoms with Crippen molar-refractivity contribution in [3.8, 4) is 34.0 Å². The summed E-state index contributed by atoms with van der Waals surface area (Å²) in [6, 6.07) is 14.2. The average Bonchev–Trinajstić information content (AvgIpc) is 3.30. The highest BCUT2D eigenvalue weighted by atomic mass is 16.7. The Balaban J connectivity index is 1.53. The summed E-state index contributed by atoms with van der Waals surface area (Å²) in [5.41, 5.74) is 3.21. The minimum absolute atomic E-state index is 0.0280. The summed E-state index contributed by atoms with van der Waals surface area (Å²) in [6.45, 7) is 3.05. The molecule has 6 heteroatoms. The van der Waals surface area contributed by atoms with Crippen molar-refractivity contribution in [2.45, 2.75) is 13.5 Å². The van der Waals surface area contributed by atoms with E-state index in [4.69, 9.17) is 9.47 Å². The molecule has 0 fully saturated rings. The summed E-state index contributed by atoms with van der Waals surface area (Å²) >= 11 is 0. The summed E-state index contributed by atoms with van der Waals surface area (Å²) in [7, 11) is 0. The van der Waals surface area contributed by atoms with Crippen LogP contribution in [0.1, 0.15) is 6.92 Å². The Morgan fingerprint density at radius 3 is 2.62 bits per heavy atom. The van der Waals surface area contributed by atoms with Crippen LogP contribution in [0.2, 0.25) is 0 Å². The number of imidazole rings is 1. The highest BCUT2D eigenvalue weighted by molar-refractivity contribution is 5.72. The van der Waals surface area contributed by atoms with E-state index in [1.807, 2.05) is 29.0 Å². The number of ether oxygens (including phenoxy) is 2. The maximum atomic E-state index is 11.0. The third kappa shape index (κ3) is 3.26. The number of hydrogen-bond donors (Lipinski definition) is 1. The monoisotopic (exact) mass is 349 g/mol. The molecule has 1 aromatic heterocycles. The van der Waals surface area contributed by atoms with E-state index in [2.05, 4.69) is 34.6 Å². The van der Waals surface area contributed by atoms with Gasteiger partial charge in [-0.1, -0.05) is 30.3 Å². The molecular formula is C20H19N3O3. The van der Waals surface area contributed by atoms with Crippen molar-refractivity contribution >= 4 is 5.91 Å². The Bertz CT molecular complexity index is 932. The number of rotatable bonds is 5. The summed E-state index contributed by atoms with van der Waals surface area (Å²) in [5, 5.41) is 2.80. The first-order chi connectivity index (χ1) is 12.7. The Morgan fingerprint density at radius 2 is 1.81 bits per heavy atom. The van der Waals surface area contributed by atoms with Gasteiger partial charge in [0.15, 0.2) is 11.5 Å². The lowest BCUT2D eigenvalue weighted by atomic mass is 10.0. The largest absolute Gasteiger partial charge is 0.454 e. The molecule has 6 nitrogen and oxygen atoms in total. The molecule has 0 radical (unpaired) electrons. The van der Waals surface area contributed by atoms with Crippen LogP contribution < -0.4 is 14.8 Å². The van der Waals surface area contributed by atoms with E-state index in [-0.39, 0.29) is 12.7 Å². The smallest absolute Gasteiger partial charge is 0.231 e. The van der Waals surface area contributed by atoms with Crippen LogP contribution in [0.4, 0.5) is 0 Å². The van der Waals surface area contributed by atoms with Crippen LogP contribution in [0, 0.1) is 0 Å². The number of hydrogen-bond acceptors (Lipinski definition) is 4. The summed E-state index contributed by atoms with van der Waals surface area (Å²) in [4.78, 5) is 15.5. The van der Waals surface area contributed by atoms with Crippen LogP contribution in [-0.2, 0) is 11.3 Å². The summed E-state index contributed by atoms with van der Waals surface area (Å²) < 4.78 is 12.8. The molecule has 1 aliphatic heterocycles. The van der Waals surface area contributed by atoms with Crippen molar-refractivity contribution in [1.82, 2.24) is 14.9 Å². The fraction of sp³-hybridized carbons (Fsp3) is 0.200. The number of amides is 1. The fourth-order valence-corrected chi connectivity index (χ4v) is 2.99. The molecule has 1 aliphatic rings. The van der Waals surface area contributed by atoms with Gasteiger partial charge in [0.2, 0.25) is 12.7 Å². The van der Waals surface area contributed by atoms with Gasteiger partial charge >= 0.3 is 0 Å². The first-order valence-corrected chi connectivity index (χ1v) is 8.47. The number of carbonyl (C=O) groups excluding carboxylic acids is 1. The number of aromatic nitrogens is 2. The minimum atomic E-state index is -0.0280. The molecule has 0 saturated carbocycles. The van der Waals surface area contributed by atoms with Crippen LogP contribution in [0.25, 0.3) is 22.5 Å². The van der Waals surface area contributed by atoms with Crippen LogP contribution >= 0.6 is 0 Å². The van der Waals surface area contributed by atoms with Gasteiger partial charge in [-0.2, -0.15) is 0 Å². The van der Waals surface area contributed by atoms with E-state index in [1.54, 1.807) is 6.20 Å². The van der Waals surface area contributed by atoms with Crippen LogP contribution in [0.15, 0.2) is 54.9 Å². The molecule has 2 heterocycles. The average molecular weight is 349 g/mol. The van der Waals surface area contributed by atoms with E-state index in [1.165, 1.54) is 6.92 Å². The van der Waals surface area contributed by atoms with Gasteiger partial charge in [-0.25, -0.2) is 4.98 Å². The molecule has 1 N–H and O–H groups in total. The van der Waals surface area contributed by atoms with E-state index in [0.29, 0.717) is 13.1 Å². The molecule has 0 spiro atoms. The zero-order valence-electron chi connectivity index (χ0n) is 14.4. The topological polar surface area (TPSA) is 65.4 Å². The van der Waals surface area contributed by atoms with E-state index < -0.39 is 0 Å². The van der Waals surface area contributed by atoms with Gasteiger partial charge in [0.1, 0.15) is 5.82 Å². The lowest BCUT2D eigenvalue weighted by molar-refractivity contribution is -0.118. The Labute approximate surface area is 151 Å². The second-order valence-electron chi connectivity index (χ2n) is 6.07. The zero-order chi connectivity index (χ0) is 17.9. The highest BCUT2D eigenvalue weighted by Gasteiger charge is 2.14. The van der Waals surface area contributed by atoms with Gasteiger partial charge < -0.3 is 19.4 Å². The Morgan fingerprint density at radius 1 is 1.08 bits per heavy atom. The lowest BCUT2D eigenvalue weighted by Gasteiger charge is -2.09. The molecule has 3 aromatic rings. The number of fused-ring (bicyclic) bond motifs is 1. The summed E-state index contributed by atoms with van der Waals surface area (Å²) in [5.74, 6) is 2.42. The van der Waals surface area contributed by atoms with Crippen molar-refractivity contribution in [2.24, 2.45) is 0 Å². The third-order valence-corrected chi connectivity index (χ3v) is 4.29. The van der Waals surface area contributed by atoms with Crippen molar-refractivity contribution in [3.05, 3.63) is 54.9 Å². The number of carbonyl (C=O) groups is 1. The normalized spacial score (nSPS) is 12.2. The lowest BCUT2D eigenvalue weighted by Crippen LogP contribution is -2.24. The second kappa shape index (κ2) is 6.92.